The minimum atomic E-state index is -0.216. The Hall–Kier alpha value is -2.02. The lowest BCUT2D eigenvalue weighted by Gasteiger charge is -2.09. The maximum Gasteiger partial charge on any atom is 0.236 e. The predicted molar refractivity (Wildman–Crippen MR) is 88.4 cm³/mol. The Kier molecular flexibility index (Phi) is 6.04. The fraction of sp³-hybridized carbons (Fsp3) is 0.357. The first-order valence-corrected chi connectivity index (χ1v) is 8.46. The smallest absolute Gasteiger partial charge is 0.236 e. The van der Waals surface area contributed by atoms with E-state index in [0.29, 0.717) is 22.3 Å². The van der Waals surface area contributed by atoms with E-state index in [9.17, 15) is 10.1 Å². The Morgan fingerprint density at radius 2 is 2.26 bits per heavy atom. The molecule has 0 aliphatic heterocycles. The van der Waals surface area contributed by atoms with Gasteiger partial charge in [-0.1, -0.05) is 23.1 Å². The zero-order valence-electron chi connectivity index (χ0n) is 12.9. The van der Waals surface area contributed by atoms with Gasteiger partial charge < -0.3 is 4.74 Å². The molecule has 2 heterocycles. The number of nitrogens with one attached hydrogen (secondary N) is 1. The number of carbonyl (C=O) groups is 1. The third-order valence-electron chi connectivity index (χ3n) is 2.72. The molecule has 2 aromatic heterocycles. The number of hydrogen-bond donors (Lipinski definition) is 1. The molecule has 120 valence electrons. The average Bonchev–Trinajstić information content (AvgIpc) is 2.90. The zero-order chi connectivity index (χ0) is 16.8. The second kappa shape index (κ2) is 8.01. The maximum atomic E-state index is 12.0. The van der Waals surface area contributed by atoms with Crippen molar-refractivity contribution in [1.29, 1.82) is 5.26 Å². The number of rotatable bonds is 6. The van der Waals surface area contributed by atoms with Crippen molar-refractivity contribution in [3.8, 4) is 6.07 Å². The van der Waals surface area contributed by atoms with Crippen molar-refractivity contribution in [3.05, 3.63) is 27.9 Å². The fourth-order valence-corrected chi connectivity index (χ4v) is 3.32. The van der Waals surface area contributed by atoms with Gasteiger partial charge in [0.15, 0.2) is 0 Å². The molecule has 0 radical (unpaired) electrons. The van der Waals surface area contributed by atoms with Gasteiger partial charge in [0, 0.05) is 12.8 Å². The van der Waals surface area contributed by atoms with Gasteiger partial charge in [0.05, 0.1) is 17.9 Å². The van der Waals surface area contributed by atoms with Crippen LogP contribution in [0.15, 0.2) is 11.1 Å². The van der Waals surface area contributed by atoms with Crippen LogP contribution < -0.4 is 5.32 Å². The number of pyridine rings is 1. The average molecular weight is 349 g/mol. The van der Waals surface area contributed by atoms with Gasteiger partial charge in [-0.25, -0.2) is 4.98 Å². The molecule has 0 saturated heterocycles. The molecule has 1 amide bonds. The van der Waals surface area contributed by atoms with Gasteiger partial charge in [-0.05, 0) is 25.5 Å². The largest absolute Gasteiger partial charge is 0.380 e. The van der Waals surface area contributed by atoms with E-state index in [2.05, 4.69) is 26.6 Å². The molecule has 0 spiro atoms. The molecule has 0 aromatic carbocycles. The fourth-order valence-electron chi connectivity index (χ4n) is 1.84. The van der Waals surface area contributed by atoms with Crippen LogP contribution in [-0.4, -0.2) is 34.0 Å². The quantitative estimate of drug-likeness (QED) is 0.798. The van der Waals surface area contributed by atoms with Crippen LogP contribution >= 0.6 is 23.1 Å². The molecule has 0 saturated carbocycles. The highest BCUT2D eigenvalue weighted by Crippen LogP contribution is 2.25. The zero-order valence-corrected chi connectivity index (χ0v) is 14.5. The summed E-state index contributed by atoms with van der Waals surface area (Å²) < 4.78 is 5.11. The van der Waals surface area contributed by atoms with Crippen LogP contribution in [0.3, 0.4) is 0 Å². The first-order valence-electron chi connectivity index (χ1n) is 6.65. The van der Waals surface area contributed by atoms with Gasteiger partial charge in [-0.2, -0.15) is 5.26 Å². The number of aryl methyl sites for hydroxylation is 2. The number of anilines is 1. The van der Waals surface area contributed by atoms with Crippen LogP contribution in [0.4, 0.5) is 5.13 Å². The number of thioether (sulfide) groups is 1. The molecule has 0 unspecified atom stereocenters. The summed E-state index contributed by atoms with van der Waals surface area (Å²) in [6.45, 7) is 3.99. The summed E-state index contributed by atoms with van der Waals surface area (Å²) in [6, 6.07) is 3.95. The molecular formula is C14H15N5O2S2. The highest BCUT2D eigenvalue weighted by atomic mass is 32.2. The molecule has 1 N–H and O–H groups in total. The molecule has 0 aliphatic rings. The topological polar surface area (TPSA) is 101 Å². The predicted octanol–water partition coefficient (Wildman–Crippen LogP) is 2.30. The van der Waals surface area contributed by atoms with Crippen LogP contribution in [-0.2, 0) is 16.1 Å². The normalized spacial score (nSPS) is 10.3. The molecule has 2 rings (SSSR count). The van der Waals surface area contributed by atoms with Crippen LogP contribution in [0.25, 0.3) is 0 Å². The maximum absolute atomic E-state index is 12.0. The van der Waals surface area contributed by atoms with E-state index in [0.717, 1.165) is 16.3 Å². The Morgan fingerprint density at radius 1 is 1.48 bits per heavy atom. The highest BCUT2D eigenvalue weighted by molar-refractivity contribution is 8.00. The van der Waals surface area contributed by atoms with Crippen molar-refractivity contribution in [2.45, 2.75) is 25.5 Å². The van der Waals surface area contributed by atoms with Gasteiger partial charge in [0.2, 0.25) is 11.0 Å². The summed E-state index contributed by atoms with van der Waals surface area (Å²) in [7, 11) is 1.57. The Balaban J connectivity index is 2.07. The lowest BCUT2D eigenvalue weighted by Crippen LogP contribution is -2.14. The molecule has 2 aromatic rings. The van der Waals surface area contributed by atoms with Gasteiger partial charge >= 0.3 is 0 Å². The van der Waals surface area contributed by atoms with Crippen molar-refractivity contribution >= 4 is 34.1 Å². The third kappa shape index (κ3) is 4.72. The second-order valence-corrected chi connectivity index (χ2v) is 6.76. The number of nitriles is 1. The molecule has 0 fully saturated rings. The molecule has 9 heteroatoms. The Bertz CT molecular complexity index is 754. The minimum absolute atomic E-state index is 0.135. The standard InChI is InChI=1S/C14H15N5O2S2/c1-8-4-10(6-21-3)11(5-15)13(16-8)22-7-12(20)17-14-19-18-9(2)23-14/h4H,6-7H2,1-3H3,(H,17,19,20). The second-order valence-electron chi connectivity index (χ2n) is 4.61. The van der Waals surface area contributed by atoms with Gasteiger partial charge in [-0.3, -0.25) is 10.1 Å². The summed E-state index contributed by atoms with van der Waals surface area (Å²) in [4.78, 5) is 16.3. The van der Waals surface area contributed by atoms with E-state index in [1.807, 2.05) is 19.9 Å². The summed E-state index contributed by atoms with van der Waals surface area (Å²) in [6.07, 6.45) is 0. The first-order chi connectivity index (χ1) is 11.0. The van der Waals surface area contributed by atoms with Gasteiger partial charge in [-0.15, -0.1) is 10.2 Å². The van der Waals surface area contributed by atoms with Gasteiger partial charge in [0.25, 0.3) is 0 Å². The van der Waals surface area contributed by atoms with Crippen LogP contribution in [0, 0.1) is 25.2 Å². The molecule has 0 aliphatic carbocycles. The SMILES string of the molecule is COCc1cc(C)nc(SCC(=O)Nc2nnc(C)s2)c1C#N. The number of nitrogens with zero attached hydrogens (tertiary/aromatic N) is 4. The van der Waals surface area contributed by atoms with E-state index in [-0.39, 0.29) is 11.7 Å². The van der Waals surface area contributed by atoms with E-state index in [1.165, 1.54) is 23.1 Å². The molecule has 0 atom stereocenters. The number of hydrogen-bond acceptors (Lipinski definition) is 8. The summed E-state index contributed by atoms with van der Waals surface area (Å²) in [5.41, 5.74) is 1.99. The minimum Gasteiger partial charge on any atom is -0.380 e. The molecule has 7 nitrogen and oxygen atoms in total. The Labute approximate surface area is 142 Å². The first kappa shape index (κ1) is 17.3. The monoisotopic (exact) mass is 349 g/mol. The molecular weight excluding hydrogens is 334 g/mol. The van der Waals surface area contributed by atoms with E-state index < -0.39 is 0 Å². The summed E-state index contributed by atoms with van der Waals surface area (Å²) in [5.74, 6) is -0.0810. The molecule has 0 bridgehead atoms. The summed E-state index contributed by atoms with van der Waals surface area (Å²) in [5, 5.41) is 21.5. The summed E-state index contributed by atoms with van der Waals surface area (Å²) >= 11 is 2.52. The van der Waals surface area contributed by atoms with Crippen molar-refractivity contribution < 1.29 is 9.53 Å². The Morgan fingerprint density at radius 3 is 2.87 bits per heavy atom. The van der Waals surface area contributed by atoms with Crippen LogP contribution in [0.2, 0.25) is 0 Å². The van der Waals surface area contributed by atoms with Crippen molar-refractivity contribution in [1.82, 2.24) is 15.2 Å². The van der Waals surface area contributed by atoms with Crippen molar-refractivity contribution in [2.24, 2.45) is 0 Å². The third-order valence-corrected chi connectivity index (χ3v) is 4.45. The number of ether oxygens (including phenoxy) is 1. The lowest BCUT2D eigenvalue weighted by molar-refractivity contribution is -0.113. The van der Waals surface area contributed by atoms with E-state index in [1.54, 1.807) is 7.11 Å². The number of aromatic nitrogens is 3. The van der Waals surface area contributed by atoms with Crippen LogP contribution in [0.1, 0.15) is 21.8 Å². The number of amides is 1. The highest BCUT2D eigenvalue weighted by Gasteiger charge is 2.14. The van der Waals surface area contributed by atoms with E-state index in [4.69, 9.17) is 4.74 Å². The number of methoxy groups -OCH3 is 1. The lowest BCUT2D eigenvalue weighted by atomic mass is 10.1. The molecule has 23 heavy (non-hydrogen) atoms. The number of carbonyl (C=O) groups excluding carboxylic acids is 1. The van der Waals surface area contributed by atoms with Gasteiger partial charge in [0.1, 0.15) is 16.1 Å². The van der Waals surface area contributed by atoms with Crippen molar-refractivity contribution in [3.63, 3.8) is 0 Å². The van der Waals surface area contributed by atoms with Crippen molar-refractivity contribution in [2.75, 3.05) is 18.2 Å². The van der Waals surface area contributed by atoms with Crippen LogP contribution in [0.5, 0.6) is 0 Å². The van der Waals surface area contributed by atoms with E-state index >= 15 is 0 Å².